The number of nitrogens with one attached hydrogen (secondary N) is 1. The molecule has 0 bridgehead atoms. The van der Waals surface area contributed by atoms with E-state index < -0.39 is 34.3 Å². The molecule has 0 aliphatic carbocycles. The van der Waals surface area contributed by atoms with Crippen molar-refractivity contribution in [3.8, 4) is 11.5 Å². The summed E-state index contributed by atoms with van der Waals surface area (Å²) in [6.45, 7) is 3.64. The van der Waals surface area contributed by atoms with Gasteiger partial charge in [0, 0.05) is 25.6 Å². The quantitative estimate of drug-likeness (QED) is 0.180. The van der Waals surface area contributed by atoms with Crippen LogP contribution < -0.4 is 19.1 Å². The maximum atomic E-state index is 14.5. The number of carbonyl (C=O) groups is 2. The summed E-state index contributed by atoms with van der Waals surface area (Å²) in [4.78, 5) is 29.6. The van der Waals surface area contributed by atoms with E-state index in [1.54, 1.807) is 0 Å². The monoisotopic (exact) mass is 661 g/mol. The summed E-state index contributed by atoms with van der Waals surface area (Å²) in [6.07, 6.45) is 0.893. The molecule has 0 aliphatic rings. The summed E-state index contributed by atoms with van der Waals surface area (Å²) in [5.74, 6) is -1.04. The van der Waals surface area contributed by atoms with Gasteiger partial charge in [-0.1, -0.05) is 61.5 Å². The zero-order valence-electron chi connectivity index (χ0n) is 27.0. The zero-order valence-corrected chi connectivity index (χ0v) is 27.8. The number of hydrogen-bond donors (Lipinski definition) is 1. The Morgan fingerprint density at radius 1 is 0.872 bits per heavy atom. The van der Waals surface area contributed by atoms with E-state index in [4.69, 9.17) is 9.47 Å². The number of sulfonamides is 1. The van der Waals surface area contributed by atoms with Gasteiger partial charge in [-0.05, 0) is 66.4 Å². The molecule has 248 valence electrons. The molecular formula is C36H40FN3O6S. The highest BCUT2D eigenvalue weighted by molar-refractivity contribution is 7.92. The Morgan fingerprint density at radius 2 is 1.53 bits per heavy atom. The minimum absolute atomic E-state index is 0.0518. The topological polar surface area (TPSA) is 105 Å². The Labute approximate surface area is 276 Å². The molecule has 11 heteroatoms. The van der Waals surface area contributed by atoms with Gasteiger partial charge in [-0.3, -0.25) is 13.9 Å². The number of halogens is 1. The van der Waals surface area contributed by atoms with Crippen LogP contribution >= 0.6 is 0 Å². The summed E-state index contributed by atoms with van der Waals surface area (Å²) in [7, 11) is -1.61. The predicted molar refractivity (Wildman–Crippen MR) is 179 cm³/mol. The van der Waals surface area contributed by atoms with Crippen LogP contribution in [0.15, 0.2) is 102 Å². The van der Waals surface area contributed by atoms with Gasteiger partial charge in [0.1, 0.15) is 18.4 Å². The third-order valence-electron chi connectivity index (χ3n) is 7.76. The van der Waals surface area contributed by atoms with Crippen molar-refractivity contribution in [3.63, 3.8) is 0 Å². The highest BCUT2D eigenvalue weighted by atomic mass is 32.2. The molecule has 0 saturated heterocycles. The van der Waals surface area contributed by atoms with Crippen LogP contribution in [0, 0.1) is 12.7 Å². The fraction of sp³-hybridized carbons (Fsp3) is 0.278. The van der Waals surface area contributed by atoms with Gasteiger partial charge in [0.05, 0.1) is 24.8 Å². The highest BCUT2D eigenvalue weighted by Gasteiger charge is 2.35. The van der Waals surface area contributed by atoms with Crippen molar-refractivity contribution in [2.45, 2.75) is 44.2 Å². The molecule has 4 aromatic carbocycles. The Hall–Kier alpha value is -4.90. The molecule has 2 amide bonds. The molecular weight excluding hydrogens is 621 g/mol. The molecule has 0 unspecified atom stereocenters. The summed E-state index contributed by atoms with van der Waals surface area (Å²) in [5.41, 5.74) is 2.62. The van der Waals surface area contributed by atoms with Crippen LogP contribution in [0.2, 0.25) is 0 Å². The molecule has 9 nitrogen and oxygen atoms in total. The summed E-state index contributed by atoms with van der Waals surface area (Å²) in [5, 5.41) is 2.93. The van der Waals surface area contributed by atoms with Crippen molar-refractivity contribution >= 4 is 27.5 Å². The highest BCUT2D eigenvalue weighted by Crippen LogP contribution is 2.32. The maximum absolute atomic E-state index is 14.5. The number of ether oxygens (including phenoxy) is 2. The van der Waals surface area contributed by atoms with Gasteiger partial charge in [-0.2, -0.15) is 0 Å². The van der Waals surface area contributed by atoms with Crippen LogP contribution in [-0.4, -0.2) is 58.5 Å². The molecule has 0 aliphatic heterocycles. The van der Waals surface area contributed by atoms with E-state index in [0.717, 1.165) is 33.1 Å². The van der Waals surface area contributed by atoms with Crippen LogP contribution in [0.5, 0.6) is 11.5 Å². The number of carbonyl (C=O) groups excluding carboxylic acids is 2. The fourth-order valence-electron chi connectivity index (χ4n) is 5.13. The van der Waals surface area contributed by atoms with Crippen molar-refractivity contribution < 1.29 is 31.9 Å². The maximum Gasteiger partial charge on any atom is 0.264 e. The van der Waals surface area contributed by atoms with Gasteiger partial charge in [0.15, 0.2) is 11.5 Å². The van der Waals surface area contributed by atoms with E-state index in [1.165, 1.54) is 49.5 Å². The molecule has 4 rings (SSSR count). The molecule has 0 aromatic heterocycles. The van der Waals surface area contributed by atoms with Gasteiger partial charge in [0.25, 0.3) is 10.0 Å². The number of anilines is 1. The number of nitrogens with zero attached hydrogens (tertiary/aromatic N) is 2. The Kier molecular flexibility index (Phi) is 12.0. The number of benzene rings is 4. The number of aryl methyl sites for hydroxylation is 1. The Morgan fingerprint density at radius 3 is 2.17 bits per heavy atom. The molecule has 1 N–H and O–H groups in total. The molecule has 47 heavy (non-hydrogen) atoms. The molecule has 0 heterocycles. The van der Waals surface area contributed by atoms with E-state index in [-0.39, 0.29) is 35.2 Å². The van der Waals surface area contributed by atoms with Crippen LogP contribution in [0.25, 0.3) is 0 Å². The van der Waals surface area contributed by atoms with Crippen molar-refractivity contribution in [1.29, 1.82) is 0 Å². The minimum atomic E-state index is -4.43. The Balaban J connectivity index is 1.82. The third kappa shape index (κ3) is 8.68. The molecule has 0 radical (unpaired) electrons. The number of rotatable bonds is 15. The van der Waals surface area contributed by atoms with Gasteiger partial charge in [-0.15, -0.1) is 0 Å². The van der Waals surface area contributed by atoms with Gasteiger partial charge < -0.3 is 19.7 Å². The lowest BCUT2D eigenvalue weighted by atomic mass is 10.0. The number of methoxy groups -OCH3 is 2. The lowest BCUT2D eigenvalue weighted by Gasteiger charge is -2.34. The second-order valence-corrected chi connectivity index (χ2v) is 12.8. The average Bonchev–Trinajstić information content (AvgIpc) is 3.08. The normalized spacial score (nSPS) is 11.8. The molecule has 1 atom stereocenters. The van der Waals surface area contributed by atoms with Crippen LogP contribution in [0.3, 0.4) is 0 Å². The smallest absolute Gasteiger partial charge is 0.264 e. The van der Waals surface area contributed by atoms with Crippen LogP contribution in [0.4, 0.5) is 10.1 Å². The van der Waals surface area contributed by atoms with E-state index in [9.17, 15) is 22.4 Å². The number of hydrogen-bond acceptors (Lipinski definition) is 6. The second-order valence-electron chi connectivity index (χ2n) is 10.9. The third-order valence-corrected chi connectivity index (χ3v) is 9.53. The lowest BCUT2D eigenvalue weighted by Crippen LogP contribution is -2.53. The second kappa shape index (κ2) is 16.1. The van der Waals surface area contributed by atoms with Crippen LogP contribution in [0.1, 0.15) is 30.0 Å². The van der Waals surface area contributed by atoms with E-state index in [2.05, 4.69) is 5.32 Å². The number of amides is 2. The molecule has 4 aromatic rings. The summed E-state index contributed by atoms with van der Waals surface area (Å²) < 4.78 is 54.1. The summed E-state index contributed by atoms with van der Waals surface area (Å²) >= 11 is 0. The van der Waals surface area contributed by atoms with Crippen LogP contribution in [-0.2, 0) is 32.6 Å². The van der Waals surface area contributed by atoms with Crippen molar-refractivity contribution in [2.24, 2.45) is 0 Å². The first-order valence-corrected chi connectivity index (χ1v) is 16.7. The first-order chi connectivity index (χ1) is 22.6. The van der Waals surface area contributed by atoms with Gasteiger partial charge in [-0.25, -0.2) is 12.8 Å². The summed E-state index contributed by atoms with van der Waals surface area (Å²) in [6, 6.07) is 24.8. The van der Waals surface area contributed by atoms with Crippen molar-refractivity contribution in [3.05, 3.63) is 120 Å². The zero-order chi connectivity index (χ0) is 34.0. The first-order valence-electron chi connectivity index (χ1n) is 15.2. The molecule has 0 spiro atoms. The van der Waals surface area contributed by atoms with E-state index >= 15 is 0 Å². The van der Waals surface area contributed by atoms with Crippen molar-refractivity contribution in [2.75, 3.05) is 31.6 Å². The fourth-order valence-corrected chi connectivity index (χ4v) is 6.56. The first kappa shape index (κ1) is 35.0. The predicted octanol–water partition coefficient (Wildman–Crippen LogP) is 5.51. The average molecular weight is 662 g/mol. The van der Waals surface area contributed by atoms with Crippen molar-refractivity contribution in [1.82, 2.24) is 10.2 Å². The Bertz CT molecular complexity index is 1770. The largest absolute Gasteiger partial charge is 0.493 e. The van der Waals surface area contributed by atoms with Gasteiger partial charge >= 0.3 is 0 Å². The minimum Gasteiger partial charge on any atom is -0.493 e. The van der Waals surface area contributed by atoms with E-state index in [0.29, 0.717) is 18.7 Å². The molecule has 0 saturated carbocycles. The molecule has 0 fully saturated rings. The van der Waals surface area contributed by atoms with E-state index in [1.807, 2.05) is 68.4 Å². The lowest BCUT2D eigenvalue weighted by molar-refractivity contribution is -0.140. The van der Waals surface area contributed by atoms with Gasteiger partial charge in [0.2, 0.25) is 11.8 Å². The SMILES string of the molecule is CCCNC(=O)[C@H](Cc1ccccc1)N(Cc1ccccc1C)C(=O)CN(c1ccc(F)cc1)S(=O)(=O)c1ccc(OC)c(OC)c1. The standard InChI is InChI=1S/C36H40FN3O6S/c1-5-21-38-36(42)32(22-27-12-7-6-8-13-27)39(24-28-14-10-9-11-26(28)2)35(41)25-40(30-17-15-29(37)16-18-30)47(43,44)31-19-20-33(45-3)34(23-31)46-4/h6-20,23,32H,5,21-22,24-25H2,1-4H3,(H,38,42)/t32-/m0/s1.